The van der Waals surface area contributed by atoms with Gasteiger partial charge in [-0.15, -0.1) is 7.05 Å². The number of rotatable bonds is 5. The molecule has 1 aromatic carbocycles. The van der Waals surface area contributed by atoms with Gasteiger partial charge in [-0.05, 0) is 0 Å². The van der Waals surface area contributed by atoms with E-state index >= 15 is 0 Å². The molecule has 1 aliphatic heterocycles. The van der Waals surface area contributed by atoms with Gasteiger partial charge < -0.3 is 30.5 Å². The SMILES string of the molecule is [CH2-][NH2+]C(OC1OC(CO)C(O)C(O)C1O)c1ccccc1. The van der Waals surface area contributed by atoms with Crippen LogP contribution < -0.4 is 5.32 Å². The number of nitrogens with two attached hydrogens (primary N) is 1. The summed E-state index contributed by atoms with van der Waals surface area (Å²) >= 11 is 0. The Bertz CT molecular complexity index is 429. The van der Waals surface area contributed by atoms with Crippen molar-refractivity contribution in [3.8, 4) is 0 Å². The van der Waals surface area contributed by atoms with Crippen LogP contribution in [0.4, 0.5) is 0 Å². The number of ether oxygens (including phenoxy) is 2. The van der Waals surface area contributed by atoms with Gasteiger partial charge in [-0.3, -0.25) is 4.74 Å². The van der Waals surface area contributed by atoms with Gasteiger partial charge >= 0.3 is 0 Å². The van der Waals surface area contributed by atoms with Gasteiger partial charge in [0, 0.05) is 5.56 Å². The van der Waals surface area contributed by atoms with Crippen molar-refractivity contribution in [2.75, 3.05) is 6.61 Å². The van der Waals surface area contributed by atoms with Crippen molar-refractivity contribution in [3.05, 3.63) is 42.9 Å². The number of benzene rings is 1. The van der Waals surface area contributed by atoms with Crippen LogP contribution in [0, 0.1) is 7.05 Å². The lowest BCUT2D eigenvalue weighted by Gasteiger charge is -2.40. The van der Waals surface area contributed by atoms with Crippen molar-refractivity contribution in [1.29, 1.82) is 0 Å². The molecule has 7 heteroatoms. The van der Waals surface area contributed by atoms with E-state index in [2.05, 4.69) is 7.05 Å². The molecule has 1 aliphatic rings. The van der Waals surface area contributed by atoms with Crippen LogP contribution in [0.1, 0.15) is 11.8 Å². The van der Waals surface area contributed by atoms with Crippen molar-refractivity contribution in [2.45, 2.75) is 36.9 Å². The minimum Gasteiger partial charge on any atom is -0.449 e. The van der Waals surface area contributed by atoms with E-state index in [-0.39, 0.29) is 0 Å². The normalized spacial score (nSPS) is 34.6. The summed E-state index contributed by atoms with van der Waals surface area (Å²) in [7, 11) is 3.68. The molecule has 6 atom stereocenters. The van der Waals surface area contributed by atoms with Crippen LogP contribution in [0.3, 0.4) is 0 Å². The Kier molecular flexibility index (Phi) is 5.65. The Morgan fingerprint density at radius 3 is 2.38 bits per heavy atom. The highest BCUT2D eigenvalue weighted by Gasteiger charge is 2.45. The van der Waals surface area contributed by atoms with Crippen LogP contribution in [-0.2, 0) is 9.47 Å². The van der Waals surface area contributed by atoms with E-state index in [4.69, 9.17) is 14.6 Å². The van der Waals surface area contributed by atoms with E-state index in [0.29, 0.717) is 0 Å². The van der Waals surface area contributed by atoms with Crippen LogP contribution in [0.15, 0.2) is 30.3 Å². The third-order valence-corrected chi connectivity index (χ3v) is 3.47. The molecule has 0 aliphatic carbocycles. The van der Waals surface area contributed by atoms with Crippen LogP contribution in [0.5, 0.6) is 0 Å². The summed E-state index contributed by atoms with van der Waals surface area (Å²) in [5.41, 5.74) is 0.810. The van der Waals surface area contributed by atoms with Gasteiger partial charge in [-0.25, -0.2) is 0 Å². The lowest BCUT2D eigenvalue weighted by atomic mass is 9.99. The molecule has 1 fully saturated rings. The first kappa shape index (κ1) is 16.3. The van der Waals surface area contributed by atoms with Crippen molar-refractivity contribution < 1.29 is 35.2 Å². The molecule has 0 amide bonds. The fourth-order valence-electron chi connectivity index (χ4n) is 2.24. The molecular formula is C14H21NO6. The predicted octanol–water partition coefficient (Wildman–Crippen LogP) is -2.14. The lowest BCUT2D eigenvalue weighted by Crippen LogP contribution is -2.80. The van der Waals surface area contributed by atoms with Crippen molar-refractivity contribution in [3.63, 3.8) is 0 Å². The maximum atomic E-state index is 9.94. The number of quaternary nitrogens is 1. The molecule has 0 radical (unpaired) electrons. The summed E-state index contributed by atoms with van der Waals surface area (Å²) < 4.78 is 10.9. The fourth-order valence-corrected chi connectivity index (χ4v) is 2.24. The number of aliphatic hydroxyl groups is 4. The molecule has 7 nitrogen and oxygen atoms in total. The molecule has 6 N–H and O–H groups in total. The van der Waals surface area contributed by atoms with E-state index in [0.717, 1.165) is 5.56 Å². The topological polar surface area (TPSA) is 116 Å². The number of hydrogen-bond donors (Lipinski definition) is 5. The summed E-state index contributed by atoms with van der Waals surface area (Å²) in [6.07, 6.45) is -6.99. The second-order valence-electron chi connectivity index (χ2n) is 4.90. The molecule has 2 rings (SSSR count). The van der Waals surface area contributed by atoms with E-state index < -0.39 is 43.5 Å². The average molecular weight is 299 g/mol. The molecule has 0 saturated carbocycles. The largest absolute Gasteiger partial charge is 0.449 e. The molecule has 1 aromatic rings. The molecule has 6 unspecified atom stereocenters. The van der Waals surface area contributed by atoms with E-state index in [1.165, 1.54) is 5.32 Å². The zero-order chi connectivity index (χ0) is 15.4. The molecule has 118 valence electrons. The van der Waals surface area contributed by atoms with Crippen LogP contribution in [0.2, 0.25) is 0 Å². The van der Waals surface area contributed by atoms with E-state index in [9.17, 15) is 15.3 Å². The van der Waals surface area contributed by atoms with Gasteiger partial charge in [0.05, 0.1) is 6.61 Å². The molecule has 0 spiro atoms. The summed E-state index contributed by atoms with van der Waals surface area (Å²) in [6.45, 7) is -0.491. The van der Waals surface area contributed by atoms with Gasteiger partial charge in [0.2, 0.25) is 0 Å². The summed E-state index contributed by atoms with van der Waals surface area (Å²) in [6, 6.07) is 9.19. The highest BCUT2D eigenvalue weighted by Crippen LogP contribution is 2.24. The van der Waals surface area contributed by atoms with Crippen LogP contribution in [0.25, 0.3) is 0 Å². The Balaban J connectivity index is 2.09. The van der Waals surface area contributed by atoms with Gasteiger partial charge in [-0.1, -0.05) is 30.3 Å². The first-order valence-electron chi connectivity index (χ1n) is 6.72. The molecular weight excluding hydrogens is 278 g/mol. The number of aliphatic hydroxyl groups excluding tert-OH is 4. The molecule has 0 bridgehead atoms. The van der Waals surface area contributed by atoms with Gasteiger partial charge in [0.1, 0.15) is 24.4 Å². The third-order valence-electron chi connectivity index (χ3n) is 3.47. The maximum absolute atomic E-state index is 9.94. The fraction of sp³-hybridized carbons (Fsp3) is 0.500. The monoisotopic (exact) mass is 299 g/mol. The van der Waals surface area contributed by atoms with E-state index in [1.54, 1.807) is 0 Å². The summed E-state index contributed by atoms with van der Waals surface area (Å²) in [4.78, 5) is 0. The van der Waals surface area contributed by atoms with Crippen LogP contribution >= 0.6 is 0 Å². The highest BCUT2D eigenvalue weighted by molar-refractivity contribution is 5.15. The maximum Gasteiger partial charge on any atom is 0.195 e. The zero-order valence-corrected chi connectivity index (χ0v) is 11.4. The second kappa shape index (κ2) is 7.28. The molecule has 1 heterocycles. The van der Waals surface area contributed by atoms with E-state index in [1.807, 2.05) is 30.3 Å². The standard InChI is InChI=1S/C14H21NO6/c1-15-13(8-5-3-2-4-6-8)21-14-12(19)11(18)10(17)9(7-16)20-14/h2-6,9-14,16-19H,1,7,15H2. The predicted molar refractivity (Wildman–Crippen MR) is 71.3 cm³/mol. The van der Waals surface area contributed by atoms with Gasteiger partial charge in [0.15, 0.2) is 12.5 Å². The first-order chi connectivity index (χ1) is 10.1. The Labute approximate surface area is 122 Å². The van der Waals surface area contributed by atoms with Crippen molar-refractivity contribution in [1.82, 2.24) is 0 Å². The Hall–Kier alpha value is -1.06. The van der Waals surface area contributed by atoms with Crippen LogP contribution in [-0.4, -0.2) is 57.7 Å². The lowest BCUT2D eigenvalue weighted by molar-refractivity contribution is -0.694. The summed E-state index contributed by atoms with van der Waals surface area (Å²) in [5, 5.41) is 40.1. The Morgan fingerprint density at radius 1 is 1.14 bits per heavy atom. The van der Waals surface area contributed by atoms with Gasteiger partial charge in [0.25, 0.3) is 0 Å². The molecule has 1 saturated heterocycles. The Morgan fingerprint density at radius 2 is 1.81 bits per heavy atom. The number of hydrogen-bond acceptors (Lipinski definition) is 6. The second-order valence-corrected chi connectivity index (χ2v) is 4.90. The molecule has 21 heavy (non-hydrogen) atoms. The first-order valence-corrected chi connectivity index (χ1v) is 6.72. The van der Waals surface area contributed by atoms with Crippen molar-refractivity contribution in [2.24, 2.45) is 0 Å². The third kappa shape index (κ3) is 3.58. The zero-order valence-electron chi connectivity index (χ0n) is 11.4. The minimum absolute atomic E-state index is 0.491. The smallest absolute Gasteiger partial charge is 0.195 e. The summed E-state index contributed by atoms with van der Waals surface area (Å²) in [5.74, 6) is 0. The van der Waals surface area contributed by atoms with Gasteiger partial charge in [-0.2, -0.15) is 0 Å². The minimum atomic E-state index is -1.46. The van der Waals surface area contributed by atoms with Crippen molar-refractivity contribution >= 4 is 0 Å². The average Bonchev–Trinajstić information content (AvgIpc) is 2.53. The highest BCUT2D eigenvalue weighted by atomic mass is 16.7. The molecule has 0 aromatic heterocycles. The quantitative estimate of drug-likeness (QED) is 0.313.